The highest BCUT2D eigenvalue weighted by atomic mass is 16.4. The Morgan fingerprint density at radius 2 is 1.80 bits per heavy atom. The van der Waals surface area contributed by atoms with E-state index in [0.29, 0.717) is 19.4 Å². The lowest BCUT2D eigenvalue weighted by Gasteiger charge is -2.21. The summed E-state index contributed by atoms with van der Waals surface area (Å²) in [6.07, 6.45) is 11.7. The number of hydrogen-bond donors (Lipinski definition) is 1. The molecule has 0 aromatic heterocycles. The molecule has 1 atom stereocenters. The lowest BCUT2D eigenvalue weighted by Crippen LogP contribution is -2.40. The predicted octanol–water partition coefficient (Wildman–Crippen LogP) is 3.37. The van der Waals surface area contributed by atoms with Gasteiger partial charge in [-0.1, -0.05) is 31.8 Å². The summed E-state index contributed by atoms with van der Waals surface area (Å²) < 4.78 is 0. The largest absolute Gasteiger partial charge is 0.480 e. The van der Waals surface area contributed by atoms with Crippen molar-refractivity contribution in [2.45, 2.75) is 70.3 Å². The van der Waals surface area contributed by atoms with Crippen LogP contribution in [0.3, 0.4) is 0 Å². The van der Waals surface area contributed by atoms with Gasteiger partial charge in [0.05, 0.1) is 0 Å². The average molecular weight is 281 g/mol. The number of carboxylic acid groups (broad SMARTS) is 1. The van der Waals surface area contributed by atoms with Crippen LogP contribution in [0, 0.1) is 0 Å². The zero-order chi connectivity index (χ0) is 14.8. The molecule has 0 aliphatic carbocycles. The van der Waals surface area contributed by atoms with Crippen molar-refractivity contribution in [3.63, 3.8) is 0 Å². The Bertz CT molecular complexity index is 328. The number of carbonyl (C=O) groups is 2. The Morgan fingerprint density at radius 1 is 1.15 bits per heavy atom. The normalized spacial score (nSPS) is 18.2. The molecule has 0 spiro atoms. The Kier molecular flexibility index (Phi) is 8.00. The average Bonchev–Trinajstić information content (AvgIpc) is 2.91. The van der Waals surface area contributed by atoms with Crippen molar-refractivity contribution in [1.29, 1.82) is 0 Å². The molecule has 4 heteroatoms. The summed E-state index contributed by atoms with van der Waals surface area (Å²) >= 11 is 0. The molecule has 1 saturated heterocycles. The topological polar surface area (TPSA) is 57.6 Å². The summed E-state index contributed by atoms with van der Waals surface area (Å²) in [5.74, 6) is -0.848. The van der Waals surface area contributed by atoms with Gasteiger partial charge in [-0.05, 0) is 32.1 Å². The molecule has 0 radical (unpaired) electrons. The summed E-state index contributed by atoms with van der Waals surface area (Å²) in [4.78, 5) is 24.6. The van der Waals surface area contributed by atoms with Crippen LogP contribution in [0.4, 0.5) is 0 Å². The van der Waals surface area contributed by atoms with Crippen molar-refractivity contribution in [3.8, 4) is 0 Å². The van der Waals surface area contributed by atoms with E-state index in [2.05, 4.69) is 6.58 Å². The molecule has 1 aliphatic heterocycles. The third kappa shape index (κ3) is 5.76. The van der Waals surface area contributed by atoms with Gasteiger partial charge in [0, 0.05) is 13.0 Å². The van der Waals surface area contributed by atoms with E-state index in [-0.39, 0.29) is 5.91 Å². The smallest absolute Gasteiger partial charge is 0.326 e. The molecule has 0 aromatic rings. The summed E-state index contributed by atoms with van der Waals surface area (Å²) in [5.41, 5.74) is 0. The van der Waals surface area contributed by atoms with Crippen molar-refractivity contribution in [2.24, 2.45) is 0 Å². The SMILES string of the molecule is C=CCCCCCCCCC(=O)N1CCC[C@@H]1C(=O)O. The Balaban J connectivity index is 2.08. The van der Waals surface area contributed by atoms with Gasteiger partial charge in [0.25, 0.3) is 0 Å². The number of aliphatic carboxylic acids is 1. The zero-order valence-corrected chi connectivity index (χ0v) is 12.4. The fourth-order valence-electron chi connectivity index (χ4n) is 2.74. The van der Waals surface area contributed by atoms with E-state index >= 15 is 0 Å². The monoisotopic (exact) mass is 281 g/mol. The molecule has 0 unspecified atom stereocenters. The minimum Gasteiger partial charge on any atom is -0.480 e. The Labute approximate surface area is 121 Å². The fourth-order valence-corrected chi connectivity index (χ4v) is 2.74. The van der Waals surface area contributed by atoms with E-state index in [0.717, 1.165) is 32.1 Å². The maximum atomic E-state index is 12.0. The Hall–Kier alpha value is -1.32. The van der Waals surface area contributed by atoms with Gasteiger partial charge in [0.15, 0.2) is 0 Å². The lowest BCUT2D eigenvalue weighted by molar-refractivity contribution is -0.148. The first-order valence-corrected chi connectivity index (χ1v) is 7.80. The number of likely N-dealkylation sites (tertiary alicyclic amines) is 1. The number of rotatable bonds is 10. The van der Waals surface area contributed by atoms with Crippen LogP contribution in [-0.2, 0) is 9.59 Å². The second-order valence-corrected chi connectivity index (χ2v) is 5.53. The highest BCUT2D eigenvalue weighted by Gasteiger charge is 2.33. The van der Waals surface area contributed by atoms with Crippen LogP contribution < -0.4 is 0 Å². The summed E-state index contributed by atoms with van der Waals surface area (Å²) in [7, 11) is 0. The molecule has 1 fully saturated rings. The molecule has 1 heterocycles. The molecule has 1 N–H and O–H groups in total. The predicted molar refractivity (Wildman–Crippen MR) is 79.5 cm³/mol. The van der Waals surface area contributed by atoms with Crippen LogP contribution in [0.5, 0.6) is 0 Å². The fraction of sp³-hybridized carbons (Fsp3) is 0.750. The second-order valence-electron chi connectivity index (χ2n) is 5.53. The van der Waals surface area contributed by atoms with Gasteiger partial charge in [-0.2, -0.15) is 0 Å². The van der Waals surface area contributed by atoms with E-state index in [1.807, 2.05) is 6.08 Å². The molecular formula is C16H27NO3. The lowest BCUT2D eigenvalue weighted by atomic mass is 10.1. The van der Waals surface area contributed by atoms with E-state index in [1.54, 1.807) is 4.90 Å². The van der Waals surface area contributed by atoms with Gasteiger partial charge in [0.2, 0.25) is 5.91 Å². The number of unbranched alkanes of at least 4 members (excludes halogenated alkanes) is 6. The number of carboxylic acids is 1. The number of allylic oxidation sites excluding steroid dienone is 1. The molecule has 4 nitrogen and oxygen atoms in total. The van der Waals surface area contributed by atoms with Gasteiger partial charge >= 0.3 is 5.97 Å². The first-order chi connectivity index (χ1) is 9.66. The summed E-state index contributed by atoms with van der Waals surface area (Å²) in [6, 6.07) is -0.582. The van der Waals surface area contributed by atoms with E-state index < -0.39 is 12.0 Å². The molecule has 1 amide bonds. The van der Waals surface area contributed by atoms with Crippen LogP contribution in [-0.4, -0.2) is 34.5 Å². The number of carbonyl (C=O) groups excluding carboxylic acids is 1. The van der Waals surface area contributed by atoms with Crippen LogP contribution in [0.2, 0.25) is 0 Å². The summed E-state index contributed by atoms with van der Waals surface area (Å²) in [6.45, 7) is 4.31. The maximum absolute atomic E-state index is 12.0. The van der Waals surface area contributed by atoms with E-state index in [9.17, 15) is 9.59 Å². The minimum atomic E-state index is -0.863. The van der Waals surface area contributed by atoms with E-state index in [1.165, 1.54) is 19.3 Å². The summed E-state index contributed by atoms with van der Waals surface area (Å²) in [5, 5.41) is 9.04. The number of nitrogens with zero attached hydrogens (tertiary/aromatic N) is 1. The highest BCUT2D eigenvalue weighted by Crippen LogP contribution is 2.19. The van der Waals surface area contributed by atoms with Crippen molar-refractivity contribution < 1.29 is 14.7 Å². The first kappa shape index (κ1) is 16.7. The van der Waals surface area contributed by atoms with Crippen LogP contribution in [0.25, 0.3) is 0 Å². The first-order valence-electron chi connectivity index (χ1n) is 7.80. The molecule has 0 saturated carbocycles. The molecule has 1 rings (SSSR count). The van der Waals surface area contributed by atoms with Gasteiger partial charge in [0.1, 0.15) is 6.04 Å². The zero-order valence-electron chi connectivity index (χ0n) is 12.4. The number of amides is 1. The van der Waals surface area contributed by atoms with Crippen LogP contribution in [0.1, 0.15) is 64.2 Å². The van der Waals surface area contributed by atoms with Crippen molar-refractivity contribution in [1.82, 2.24) is 4.90 Å². The van der Waals surface area contributed by atoms with E-state index in [4.69, 9.17) is 5.11 Å². The van der Waals surface area contributed by atoms with Crippen molar-refractivity contribution in [3.05, 3.63) is 12.7 Å². The highest BCUT2D eigenvalue weighted by molar-refractivity contribution is 5.84. The second kappa shape index (κ2) is 9.56. The van der Waals surface area contributed by atoms with Gasteiger partial charge in [-0.25, -0.2) is 4.79 Å². The molecular weight excluding hydrogens is 254 g/mol. The van der Waals surface area contributed by atoms with Gasteiger partial charge in [-0.15, -0.1) is 6.58 Å². The maximum Gasteiger partial charge on any atom is 0.326 e. The van der Waals surface area contributed by atoms with Crippen molar-refractivity contribution in [2.75, 3.05) is 6.54 Å². The van der Waals surface area contributed by atoms with Gasteiger partial charge < -0.3 is 10.0 Å². The molecule has 1 aliphatic rings. The van der Waals surface area contributed by atoms with Crippen LogP contribution >= 0.6 is 0 Å². The quantitative estimate of drug-likeness (QED) is 0.493. The molecule has 0 aromatic carbocycles. The molecule has 114 valence electrons. The third-order valence-electron chi connectivity index (χ3n) is 3.91. The minimum absolute atomic E-state index is 0.0153. The van der Waals surface area contributed by atoms with Gasteiger partial charge in [-0.3, -0.25) is 4.79 Å². The Morgan fingerprint density at radius 3 is 2.45 bits per heavy atom. The van der Waals surface area contributed by atoms with Crippen LogP contribution in [0.15, 0.2) is 12.7 Å². The number of hydrogen-bond acceptors (Lipinski definition) is 2. The van der Waals surface area contributed by atoms with Crippen molar-refractivity contribution >= 4 is 11.9 Å². The standard InChI is InChI=1S/C16H27NO3/c1-2-3-4-5-6-7-8-9-12-15(18)17-13-10-11-14(17)16(19)20/h2,14H,1,3-13H2,(H,19,20)/t14-/m1/s1. The molecule has 0 bridgehead atoms. The third-order valence-corrected chi connectivity index (χ3v) is 3.91. The molecule has 20 heavy (non-hydrogen) atoms.